The maximum atomic E-state index is 14.2. The number of piperidine rings is 1. The number of aromatic nitrogens is 1. The van der Waals surface area contributed by atoms with Crippen LogP contribution in [0, 0.1) is 6.92 Å². The van der Waals surface area contributed by atoms with Gasteiger partial charge < -0.3 is 20.1 Å². The summed E-state index contributed by atoms with van der Waals surface area (Å²) in [5.41, 5.74) is 1.50. The Hall–Kier alpha value is -3.41. The van der Waals surface area contributed by atoms with Crippen molar-refractivity contribution in [2.45, 2.75) is 51.1 Å². The number of ether oxygens (including phenoxy) is 1. The molecule has 214 valence electrons. The van der Waals surface area contributed by atoms with Crippen LogP contribution in [0.1, 0.15) is 53.1 Å². The largest absolute Gasteiger partial charge is 0.573 e. The number of aliphatic carboxylic acids is 1. The van der Waals surface area contributed by atoms with Gasteiger partial charge in [0.05, 0.1) is 17.6 Å². The molecule has 1 amide bonds. The minimum atomic E-state index is -4.94. The van der Waals surface area contributed by atoms with Gasteiger partial charge in [-0.3, -0.25) is 9.59 Å². The van der Waals surface area contributed by atoms with Gasteiger partial charge >= 0.3 is 12.3 Å². The molecule has 0 radical (unpaired) electrons. The minimum absolute atomic E-state index is 0.0353. The van der Waals surface area contributed by atoms with Crippen molar-refractivity contribution in [1.29, 1.82) is 0 Å². The van der Waals surface area contributed by atoms with Crippen molar-refractivity contribution >= 4 is 44.5 Å². The zero-order chi connectivity index (χ0) is 29.0. The van der Waals surface area contributed by atoms with Gasteiger partial charge in [0.1, 0.15) is 17.7 Å². The maximum Gasteiger partial charge on any atom is 0.573 e. The lowest BCUT2D eigenvalue weighted by Crippen LogP contribution is -2.38. The number of carbonyl (C=O) groups excluding carboxylic acids is 1. The number of hydrogen-bond donors (Lipinski definition) is 2. The molecule has 40 heavy (non-hydrogen) atoms. The molecule has 2 heterocycles. The number of amides is 1. The summed E-state index contributed by atoms with van der Waals surface area (Å²) < 4.78 is 58.3. The lowest BCUT2D eigenvalue weighted by atomic mass is 9.92. The molecule has 1 aliphatic rings. The predicted molar refractivity (Wildman–Crippen MR) is 146 cm³/mol. The van der Waals surface area contributed by atoms with Crippen molar-refractivity contribution in [2.24, 2.45) is 0 Å². The summed E-state index contributed by atoms with van der Waals surface area (Å²) in [7, 11) is 0. The Bertz CT molecular complexity index is 1400. The molecule has 0 bridgehead atoms. The van der Waals surface area contributed by atoms with E-state index in [1.165, 1.54) is 18.2 Å². The topological polar surface area (TPSA) is 91.8 Å². The van der Waals surface area contributed by atoms with Gasteiger partial charge in [-0.05, 0) is 56.0 Å². The van der Waals surface area contributed by atoms with Crippen LogP contribution in [-0.4, -0.2) is 54.1 Å². The van der Waals surface area contributed by atoms with Crippen LogP contribution in [0.5, 0.6) is 5.75 Å². The molecule has 7 nitrogen and oxygen atoms in total. The van der Waals surface area contributed by atoms with Crippen LogP contribution in [0.15, 0.2) is 46.9 Å². The number of hydrogen-bond acceptors (Lipinski definition) is 5. The van der Waals surface area contributed by atoms with Gasteiger partial charge in [0, 0.05) is 40.9 Å². The summed E-state index contributed by atoms with van der Waals surface area (Å²) >= 11 is 3.42. The molecule has 3 aromatic rings. The van der Waals surface area contributed by atoms with Gasteiger partial charge in [-0.25, -0.2) is 9.37 Å². The number of rotatable bonds is 9. The lowest BCUT2D eigenvalue weighted by Gasteiger charge is -2.32. The number of pyridine rings is 1. The molecule has 2 aromatic carbocycles. The zero-order valence-corrected chi connectivity index (χ0v) is 23.2. The number of fused-ring (bicyclic) bond motifs is 1. The minimum Gasteiger partial charge on any atom is -0.481 e. The van der Waals surface area contributed by atoms with Crippen LogP contribution in [0.4, 0.5) is 23.4 Å². The first-order valence-electron chi connectivity index (χ1n) is 12.8. The summed E-state index contributed by atoms with van der Waals surface area (Å²) in [6.45, 7) is 2.33. The molecule has 1 aromatic heterocycles. The number of nitrogens with one attached hydrogen (secondary N) is 1. The number of alkyl halides is 4. The Balaban J connectivity index is 1.68. The van der Waals surface area contributed by atoms with E-state index in [1.807, 2.05) is 4.90 Å². The second-order valence-electron chi connectivity index (χ2n) is 9.71. The Morgan fingerprint density at radius 2 is 2.00 bits per heavy atom. The van der Waals surface area contributed by atoms with E-state index < -0.39 is 36.1 Å². The maximum absolute atomic E-state index is 14.2. The summed E-state index contributed by atoms with van der Waals surface area (Å²) in [5.74, 6) is -2.38. The van der Waals surface area contributed by atoms with Crippen LogP contribution < -0.4 is 15.0 Å². The number of halogens is 5. The zero-order valence-electron chi connectivity index (χ0n) is 21.6. The first-order chi connectivity index (χ1) is 18.9. The van der Waals surface area contributed by atoms with E-state index in [2.05, 4.69) is 26.0 Å². The highest BCUT2D eigenvalue weighted by molar-refractivity contribution is 9.10. The molecular formula is C28H28BrF4N3O4. The lowest BCUT2D eigenvalue weighted by molar-refractivity contribution is -0.275. The molecule has 12 heteroatoms. The Morgan fingerprint density at radius 3 is 2.70 bits per heavy atom. The van der Waals surface area contributed by atoms with Gasteiger partial charge in [0.15, 0.2) is 0 Å². The number of nitrogens with zero attached hydrogens (tertiary/aromatic N) is 2. The Kier molecular flexibility index (Phi) is 9.17. The Labute approximate surface area is 236 Å². The van der Waals surface area contributed by atoms with Crippen molar-refractivity contribution in [2.75, 3.05) is 24.5 Å². The van der Waals surface area contributed by atoms with E-state index in [-0.39, 0.29) is 31.5 Å². The highest BCUT2D eigenvalue weighted by atomic mass is 79.9. The van der Waals surface area contributed by atoms with Gasteiger partial charge in [-0.2, -0.15) is 0 Å². The van der Waals surface area contributed by atoms with Crippen LogP contribution in [-0.2, 0) is 4.79 Å². The molecule has 2 atom stereocenters. The number of carboxylic acid groups (broad SMARTS) is 1. The number of benzene rings is 2. The normalized spacial score (nSPS) is 16.6. The second-order valence-corrected chi connectivity index (χ2v) is 10.6. The van der Waals surface area contributed by atoms with E-state index in [0.717, 1.165) is 6.07 Å². The molecule has 2 N–H and O–H groups in total. The smallest absolute Gasteiger partial charge is 0.481 e. The highest BCUT2D eigenvalue weighted by Gasteiger charge is 2.33. The molecule has 0 aliphatic carbocycles. The first-order valence-corrected chi connectivity index (χ1v) is 13.6. The molecular weight excluding hydrogens is 598 g/mol. The predicted octanol–water partition coefficient (Wildman–Crippen LogP) is 6.52. The number of para-hydroxylation sites is 1. The fourth-order valence-corrected chi connectivity index (χ4v) is 5.40. The molecule has 0 unspecified atom stereocenters. The van der Waals surface area contributed by atoms with Crippen molar-refractivity contribution in [3.8, 4) is 5.75 Å². The van der Waals surface area contributed by atoms with Crippen LogP contribution in [0.2, 0.25) is 0 Å². The molecule has 1 saturated heterocycles. The second kappa shape index (κ2) is 12.4. The fourth-order valence-electron chi connectivity index (χ4n) is 5.04. The SMILES string of the molecule is Cc1c(N2CCC[C@H](F)C2)nc2ccc(Br)cc2c1C(=O)NC[C@@H](CCC(=O)O)c1ccccc1OC(F)(F)F. The van der Waals surface area contributed by atoms with Crippen molar-refractivity contribution in [3.63, 3.8) is 0 Å². The summed E-state index contributed by atoms with van der Waals surface area (Å²) in [5, 5.41) is 12.6. The van der Waals surface area contributed by atoms with Gasteiger partial charge in [0.25, 0.3) is 5.91 Å². The Morgan fingerprint density at radius 1 is 1.25 bits per heavy atom. The standard InChI is InChI=1S/C28H28BrF4N3O4/c1-16-25(21-13-18(29)9-10-22(21)35-26(16)36-12-4-5-19(30)15-36)27(39)34-14-17(8-11-24(37)38)20-6-2-3-7-23(20)40-28(31,32)33/h2-3,6-7,9-10,13,17,19H,4-5,8,11-12,14-15H2,1H3,(H,34,39)(H,37,38)/t17-,19+/m1/s1. The highest BCUT2D eigenvalue weighted by Crippen LogP contribution is 2.35. The van der Waals surface area contributed by atoms with E-state index in [9.17, 15) is 32.3 Å². The third-order valence-corrected chi connectivity index (χ3v) is 7.35. The van der Waals surface area contributed by atoms with Crippen molar-refractivity contribution in [3.05, 3.63) is 63.6 Å². The quantitative estimate of drug-likeness (QED) is 0.263. The van der Waals surface area contributed by atoms with E-state index in [0.29, 0.717) is 51.7 Å². The summed E-state index contributed by atoms with van der Waals surface area (Å²) in [6, 6.07) is 10.8. The van der Waals surface area contributed by atoms with E-state index >= 15 is 0 Å². The van der Waals surface area contributed by atoms with Crippen LogP contribution >= 0.6 is 15.9 Å². The fraction of sp³-hybridized carbons (Fsp3) is 0.393. The monoisotopic (exact) mass is 625 g/mol. The third kappa shape index (κ3) is 7.21. The molecule has 1 aliphatic heterocycles. The molecule has 4 rings (SSSR count). The third-order valence-electron chi connectivity index (χ3n) is 6.86. The van der Waals surface area contributed by atoms with E-state index in [4.69, 9.17) is 4.98 Å². The van der Waals surface area contributed by atoms with Gasteiger partial charge in [-0.1, -0.05) is 34.1 Å². The number of carbonyl (C=O) groups is 2. The number of anilines is 1. The van der Waals surface area contributed by atoms with Gasteiger partial charge in [0.2, 0.25) is 0 Å². The van der Waals surface area contributed by atoms with Gasteiger partial charge in [-0.15, -0.1) is 13.2 Å². The first kappa shape index (κ1) is 29.6. The molecule has 0 saturated carbocycles. The summed E-state index contributed by atoms with van der Waals surface area (Å²) in [4.78, 5) is 31.6. The molecule has 1 fully saturated rings. The molecule has 0 spiro atoms. The summed E-state index contributed by atoms with van der Waals surface area (Å²) in [6.07, 6.45) is -5.21. The average molecular weight is 626 g/mol. The van der Waals surface area contributed by atoms with Crippen molar-refractivity contribution < 1.29 is 37.0 Å². The number of carboxylic acids is 1. The average Bonchev–Trinajstić information content (AvgIpc) is 2.88. The van der Waals surface area contributed by atoms with Crippen LogP contribution in [0.25, 0.3) is 10.9 Å². The van der Waals surface area contributed by atoms with E-state index in [1.54, 1.807) is 25.1 Å². The van der Waals surface area contributed by atoms with Crippen LogP contribution in [0.3, 0.4) is 0 Å². The van der Waals surface area contributed by atoms with Crippen molar-refractivity contribution in [1.82, 2.24) is 10.3 Å².